The highest BCUT2D eigenvalue weighted by Crippen LogP contribution is 2.08. The second kappa shape index (κ2) is 5.54. The van der Waals surface area contributed by atoms with Gasteiger partial charge in [0.25, 0.3) is 0 Å². The van der Waals surface area contributed by atoms with Crippen LogP contribution >= 0.6 is 0 Å². The average Bonchev–Trinajstić information content (AvgIpc) is 2.76. The molecule has 0 aliphatic rings. The molecule has 0 aliphatic carbocycles. The van der Waals surface area contributed by atoms with Gasteiger partial charge in [-0.25, -0.2) is 8.78 Å². The fourth-order valence-electron chi connectivity index (χ4n) is 1.53. The number of hydrogen-bond acceptors (Lipinski definition) is 3. The van der Waals surface area contributed by atoms with Gasteiger partial charge in [0, 0.05) is 18.2 Å². The van der Waals surface area contributed by atoms with Crippen LogP contribution in [0.5, 0.6) is 0 Å². The molecule has 1 aromatic carbocycles. The van der Waals surface area contributed by atoms with Crippen LogP contribution in [-0.2, 0) is 13.0 Å². The Balaban J connectivity index is 1.78. The van der Waals surface area contributed by atoms with E-state index >= 15 is 0 Å². The molecule has 5 heteroatoms. The highest BCUT2D eigenvalue weighted by atomic mass is 19.1. The summed E-state index contributed by atoms with van der Waals surface area (Å²) in [6.07, 6.45) is 3.74. The van der Waals surface area contributed by atoms with Gasteiger partial charge >= 0.3 is 0 Å². The zero-order chi connectivity index (χ0) is 12.1. The summed E-state index contributed by atoms with van der Waals surface area (Å²) < 4.78 is 30.4. The van der Waals surface area contributed by atoms with Gasteiger partial charge in [0.2, 0.25) is 0 Å². The molecule has 3 nitrogen and oxygen atoms in total. The van der Waals surface area contributed by atoms with Crippen LogP contribution < -0.4 is 5.32 Å². The van der Waals surface area contributed by atoms with Crippen LogP contribution in [0.4, 0.5) is 8.78 Å². The van der Waals surface area contributed by atoms with E-state index in [1.165, 1.54) is 12.1 Å². The van der Waals surface area contributed by atoms with E-state index in [4.69, 9.17) is 0 Å². The molecule has 0 unspecified atom stereocenters. The zero-order valence-electron chi connectivity index (χ0n) is 9.12. The van der Waals surface area contributed by atoms with Crippen molar-refractivity contribution in [2.75, 3.05) is 6.54 Å². The van der Waals surface area contributed by atoms with Gasteiger partial charge < -0.3 is 9.84 Å². The van der Waals surface area contributed by atoms with Crippen molar-refractivity contribution in [3.63, 3.8) is 0 Å². The molecule has 2 aromatic rings. The lowest BCUT2D eigenvalue weighted by atomic mass is 10.1. The Morgan fingerprint density at radius 1 is 1.12 bits per heavy atom. The van der Waals surface area contributed by atoms with E-state index in [0.29, 0.717) is 25.1 Å². The van der Waals surface area contributed by atoms with Gasteiger partial charge in [0.05, 0.1) is 6.20 Å². The first-order valence-electron chi connectivity index (χ1n) is 5.28. The Morgan fingerprint density at radius 3 is 2.53 bits per heavy atom. The summed E-state index contributed by atoms with van der Waals surface area (Å²) >= 11 is 0. The van der Waals surface area contributed by atoms with Crippen molar-refractivity contribution in [3.05, 3.63) is 53.4 Å². The van der Waals surface area contributed by atoms with Crippen LogP contribution in [0.25, 0.3) is 0 Å². The summed E-state index contributed by atoms with van der Waals surface area (Å²) in [6.45, 7) is 1.26. The van der Waals surface area contributed by atoms with E-state index in [-0.39, 0.29) is 0 Å². The second-order valence-corrected chi connectivity index (χ2v) is 3.74. The molecule has 0 fully saturated rings. The fourth-order valence-corrected chi connectivity index (χ4v) is 1.53. The number of hydrogen-bond donors (Lipinski definition) is 1. The van der Waals surface area contributed by atoms with Crippen LogP contribution in [0.2, 0.25) is 0 Å². The minimum absolute atomic E-state index is 0.543. The SMILES string of the molecule is Fc1cc(F)cc(CCNCc2cnoc2)c1. The van der Waals surface area contributed by atoms with Gasteiger partial charge in [-0.3, -0.25) is 0 Å². The third-order valence-corrected chi connectivity index (χ3v) is 2.33. The largest absolute Gasteiger partial charge is 0.364 e. The highest BCUT2D eigenvalue weighted by Gasteiger charge is 2.00. The molecule has 0 spiro atoms. The van der Waals surface area contributed by atoms with Crippen molar-refractivity contribution in [2.24, 2.45) is 0 Å². The van der Waals surface area contributed by atoms with Crippen molar-refractivity contribution >= 4 is 0 Å². The van der Waals surface area contributed by atoms with Crippen molar-refractivity contribution in [3.8, 4) is 0 Å². The smallest absolute Gasteiger partial charge is 0.128 e. The maximum Gasteiger partial charge on any atom is 0.128 e. The van der Waals surface area contributed by atoms with E-state index in [1.807, 2.05) is 0 Å². The Labute approximate surface area is 97.4 Å². The molecular formula is C12H12F2N2O. The van der Waals surface area contributed by atoms with Gasteiger partial charge in [0.15, 0.2) is 0 Å². The maximum absolute atomic E-state index is 12.9. The third kappa shape index (κ3) is 3.64. The molecule has 0 saturated carbocycles. The first-order chi connectivity index (χ1) is 8.24. The molecule has 0 radical (unpaired) electrons. The Kier molecular flexibility index (Phi) is 3.82. The number of rotatable bonds is 5. The summed E-state index contributed by atoms with van der Waals surface area (Å²) in [7, 11) is 0. The minimum atomic E-state index is -0.543. The number of halogens is 2. The standard InChI is InChI=1S/C12H12F2N2O/c13-11-3-9(4-12(14)5-11)1-2-15-6-10-7-16-17-8-10/h3-5,7-8,15H,1-2,6H2. The van der Waals surface area contributed by atoms with Gasteiger partial charge in [0.1, 0.15) is 17.9 Å². The Morgan fingerprint density at radius 2 is 1.88 bits per heavy atom. The van der Waals surface area contributed by atoms with E-state index in [9.17, 15) is 8.78 Å². The normalized spacial score (nSPS) is 10.7. The third-order valence-electron chi connectivity index (χ3n) is 2.33. The van der Waals surface area contributed by atoms with Crippen LogP contribution in [0, 0.1) is 11.6 Å². The Bertz CT molecular complexity index is 451. The molecule has 0 bridgehead atoms. The molecular weight excluding hydrogens is 226 g/mol. The Hall–Kier alpha value is -1.75. The number of aromatic nitrogens is 1. The fraction of sp³-hybridized carbons (Fsp3) is 0.250. The lowest BCUT2D eigenvalue weighted by molar-refractivity contribution is 0.418. The monoisotopic (exact) mass is 238 g/mol. The summed E-state index contributed by atoms with van der Waals surface area (Å²) in [5.41, 5.74) is 1.58. The van der Waals surface area contributed by atoms with E-state index < -0.39 is 11.6 Å². The van der Waals surface area contributed by atoms with E-state index in [1.54, 1.807) is 12.5 Å². The lowest BCUT2D eigenvalue weighted by Gasteiger charge is -2.03. The van der Waals surface area contributed by atoms with E-state index in [0.717, 1.165) is 11.6 Å². The first-order valence-corrected chi connectivity index (χ1v) is 5.28. The molecule has 90 valence electrons. The predicted molar refractivity (Wildman–Crippen MR) is 58.3 cm³/mol. The summed E-state index contributed by atoms with van der Waals surface area (Å²) in [4.78, 5) is 0. The molecule has 0 saturated heterocycles. The van der Waals surface area contributed by atoms with Crippen molar-refractivity contribution in [1.82, 2.24) is 10.5 Å². The van der Waals surface area contributed by atoms with Crippen molar-refractivity contribution in [1.29, 1.82) is 0 Å². The molecule has 0 aliphatic heterocycles. The molecule has 1 aromatic heterocycles. The minimum Gasteiger partial charge on any atom is -0.364 e. The average molecular weight is 238 g/mol. The predicted octanol–water partition coefficient (Wildman–Crippen LogP) is 2.29. The highest BCUT2D eigenvalue weighted by molar-refractivity contribution is 5.18. The molecule has 1 heterocycles. The summed E-state index contributed by atoms with van der Waals surface area (Å²) in [5.74, 6) is -1.09. The van der Waals surface area contributed by atoms with Gasteiger partial charge in [-0.05, 0) is 30.7 Å². The van der Waals surface area contributed by atoms with Crippen LogP contribution in [0.1, 0.15) is 11.1 Å². The molecule has 1 N–H and O–H groups in total. The lowest BCUT2D eigenvalue weighted by Crippen LogP contribution is -2.16. The first kappa shape index (κ1) is 11.7. The number of nitrogens with zero attached hydrogens (tertiary/aromatic N) is 1. The zero-order valence-corrected chi connectivity index (χ0v) is 9.12. The number of benzene rings is 1. The van der Waals surface area contributed by atoms with E-state index in [2.05, 4.69) is 15.0 Å². The molecule has 17 heavy (non-hydrogen) atoms. The van der Waals surface area contributed by atoms with Gasteiger partial charge in [-0.1, -0.05) is 5.16 Å². The molecule has 0 amide bonds. The second-order valence-electron chi connectivity index (χ2n) is 3.74. The van der Waals surface area contributed by atoms with Gasteiger partial charge in [-0.2, -0.15) is 0 Å². The van der Waals surface area contributed by atoms with Crippen LogP contribution in [-0.4, -0.2) is 11.7 Å². The van der Waals surface area contributed by atoms with Crippen LogP contribution in [0.3, 0.4) is 0 Å². The van der Waals surface area contributed by atoms with Crippen LogP contribution in [0.15, 0.2) is 35.2 Å². The summed E-state index contributed by atoms with van der Waals surface area (Å²) in [5, 5.41) is 6.70. The van der Waals surface area contributed by atoms with Crippen molar-refractivity contribution < 1.29 is 13.3 Å². The van der Waals surface area contributed by atoms with Crippen molar-refractivity contribution in [2.45, 2.75) is 13.0 Å². The quantitative estimate of drug-likeness (QED) is 0.812. The maximum atomic E-state index is 12.9. The van der Waals surface area contributed by atoms with Gasteiger partial charge in [-0.15, -0.1) is 0 Å². The topological polar surface area (TPSA) is 38.1 Å². The summed E-state index contributed by atoms with van der Waals surface area (Å²) in [6, 6.07) is 3.54. The molecule has 0 atom stereocenters. The number of nitrogens with one attached hydrogen (secondary N) is 1. The molecule has 2 rings (SSSR count).